The Hall–Kier alpha value is -1.40. The standard InChI is InChI=1S/C11H18N4O2/c1-2-15-4-3-13-10(15)8-14-5-6-17-9(7-14)11(12)16/h3-4,9H,2,5-8H2,1H3,(H2,12,16). The molecule has 1 amide bonds. The lowest BCUT2D eigenvalue weighted by Crippen LogP contribution is -2.48. The third kappa shape index (κ3) is 2.83. The predicted octanol–water partition coefficient (Wildman–Crippen LogP) is -0.411. The molecule has 0 radical (unpaired) electrons. The summed E-state index contributed by atoms with van der Waals surface area (Å²) in [6.07, 6.45) is 3.26. The average Bonchev–Trinajstić information content (AvgIpc) is 2.76. The Morgan fingerprint density at radius 2 is 2.53 bits per heavy atom. The molecule has 0 bridgehead atoms. The highest BCUT2D eigenvalue weighted by atomic mass is 16.5. The number of rotatable bonds is 4. The molecule has 1 unspecified atom stereocenters. The summed E-state index contributed by atoms with van der Waals surface area (Å²) >= 11 is 0. The number of hydrogen-bond acceptors (Lipinski definition) is 4. The first-order valence-electron chi connectivity index (χ1n) is 5.84. The molecule has 2 rings (SSSR count). The van der Waals surface area contributed by atoms with Crippen molar-refractivity contribution >= 4 is 5.91 Å². The summed E-state index contributed by atoms with van der Waals surface area (Å²) in [5.41, 5.74) is 5.25. The lowest BCUT2D eigenvalue weighted by atomic mass is 10.2. The van der Waals surface area contributed by atoms with Crippen LogP contribution >= 0.6 is 0 Å². The zero-order chi connectivity index (χ0) is 12.3. The molecule has 1 saturated heterocycles. The molecule has 1 aromatic heterocycles. The summed E-state index contributed by atoms with van der Waals surface area (Å²) in [7, 11) is 0. The summed E-state index contributed by atoms with van der Waals surface area (Å²) in [5, 5.41) is 0. The van der Waals surface area contributed by atoms with Crippen molar-refractivity contribution in [2.45, 2.75) is 26.1 Å². The van der Waals surface area contributed by atoms with E-state index in [1.165, 1.54) is 0 Å². The first-order valence-corrected chi connectivity index (χ1v) is 5.84. The van der Waals surface area contributed by atoms with Gasteiger partial charge in [0.25, 0.3) is 0 Å². The topological polar surface area (TPSA) is 73.4 Å². The van der Waals surface area contributed by atoms with Crippen LogP contribution in [0.15, 0.2) is 12.4 Å². The lowest BCUT2D eigenvalue weighted by Gasteiger charge is -2.30. The van der Waals surface area contributed by atoms with E-state index >= 15 is 0 Å². The fourth-order valence-electron chi connectivity index (χ4n) is 2.00. The van der Waals surface area contributed by atoms with Gasteiger partial charge in [0.05, 0.1) is 13.2 Å². The van der Waals surface area contributed by atoms with Crippen LogP contribution in [-0.4, -0.2) is 46.2 Å². The Morgan fingerprint density at radius 1 is 1.71 bits per heavy atom. The summed E-state index contributed by atoms with van der Waals surface area (Å²) in [4.78, 5) is 17.5. The van der Waals surface area contributed by atoms with E-state index in [0.29, 0.717) is 13.2 Å². The SMILES string of the molecule is CCn1ccnc1CN1CCOC(C(N)=O)C1. The molecule has 1 aliphatic rings. The fourth-order valence-corrected chi connectivity index (χ4v) is 2.00. The van der Waals surface area contributed by atoms with Gasteiger partial charge in [-0.15, -0.1) is 0 Å². The smallest absolute Gasteiger partial charge is 0.247 e. The van der Waals surface area contributed by atoms with E-state index in [9.17, 15) is 4.79 Å². The third-order valence-corrected chi connectivity index (χ3v) is 2.98. The first kappa shape index (κ1) is 12.1. The number of nitrogens with two attached hydrogens (primary N) is 1. The predicted molar refractivity (Wildman–Crippen MR) is 62.1 cm³/mol. The molecule has 17 heavy (non-hydrogen) atoms. The molecule has 0 aromatic carbocycles. The van der Waals surface area contributed by atoms with Gasteiger partial charge in [-0.25, -0.2) is 4.98 Å². The van der Waals surface area contributed by atoms with E-state index in [0.717, 1.165) is 25.5 Å². The van der Waals surface area contributed by atoms with Gasteiger partial charge in [0.1, 0.15) is 11.9 Å². The number of ether oxygens (including phenoxy) is 1. The van der Waals surface area contributed by atoms with Gasteiger partial charge in [0.2, 0.25) is 5.91 Å². The maximum absolute atomic E-state index is 11.1. The van der Waals surface area contributed by atoms with Crippen molar-refractivity contribution in [3.05, 3.63) is 18.2 Å². The van der Waals surface area contributed by atoms with Gasteiger partial charge in [-0.05, 0) is 6.92 Å². The molecule has 1 aliphatic heterocycles. The Labute approximate surface area is 100 Å². The molecule has 2 N–H and O–H groups in total. The Balaban J connectivity index is 1.97. The molecule has 1 atom stereocenters. The maximum atomic E-state index is 11.1. The number of carbonyl (C=O) groups excluding carboxylic acids is 1. The molecule has 6 heteroatoms. The molecule has 1 fully saturated rings. The zero-order valence-corrected chi connectivity index (χ0v) is 10.0. The van der Waals surface area contributed by atoms with Gasteiger partial charge in [0.15, 0.2) is 0 Å². The first-order chi connectivity index (χ1) is 8.20. The average molecular weight is 238 g/mol. The van der Waals surface area contributed by atoms with E-state index < -0.39 is 12.0 Å². The summed E-state index contributed by atoms with van der Waals surface area (Å²) in [6, 6.07) is 0. The zero-order valence-electron chi connectivity index (χ0n) is 10.0. The number of aromatic nitrogens is 2. The van der Waals surface area contributed by atoms with Crippen LogP contribution in [0.3, 0.4) is 0 Å². The van der Waals surface area contributed by atoms with E-state index in [1.54, 1.807) is 6.20 Å². The number of aryl methyl sites for hydroxylation is 1. The van der Waals surface area contributed by atoms with E-state index in [-0.39, 0.29) is 0 Å². The van der Waals surface area contributed by atoms with Crippen molar-refractivity contribution in [2.75, 3.05) is 19.7 Å². The van der Waals surface area contributed by atoms with Crippen LogP contribution in [0.4, 0.5) is 0 Å². The largest absolute Gasteiger partial charge is 0.367 e. The van der Waals surface area contributed by atoms with E-state index in [4.69, 9.17) is 10.5 Å². The van der Waals surface area contributed by atoms with E-state index in [2.05, 4.69) is 21.4 Å². The molecule has 2 heterocycles. The van der Waals surface area contributed by atoms with Crippen LogP contribution in [-0.2, 0) is 22.6 Å². The lowest BCUT2D eigenvalue weighted by molar-refractivity contribution is -0.135. The van der Waals surface area contributed by atoms with Crippen molar-refractivity contribution < 1.29 is 9.53 Å². The number of primary amides is 1. The van der Waals surface area contributed by atoms with Gasteiger partial charge >= 0.3 is 0 Å². The summed E-state index contributed by atoms with van der Waals surface area (Å²) < 4.78 is 7.39. The van der Waals surface area contributed by atoms with Crippen molar-refractivity contribution in [1.29, 1.82) is 0 Å². The van der Waals surface area contributed by atoms with Crippen molar-refractivity contribution in [3.63, 3.8) is 0 Å². The van der Waals surface area contributed by atoms with Crippen LogP contribution in [0.2, 0.25) is 0 Å². The maximum Gasteiger partial charge on any atom is 0.247 e. The number of morpholine rings is 1. The van der Waals surface area contributed by atoms with Crippen molar-refractivity contribution in [2.24, 2.45) is 5.73 Å². The van der Waals surface area contributed by atoms with Crippen LogP contribution < -0.4 is 5.73 Å². The minimum atomic E-state index is -0.492. The third-order valence-electron chi connectivity index (χ3n) is 2.98. The molecule has 0 aliphatic carbocycles. The van der Waals surface area contributed by atoms with Gasteiger partial charge in [0, 0.05) is 32.0 Å². The number of imidazole rings is 1. The number of hydrogen-bond donors (Lipinski definition) is 1. The molecule has 94 valence electrons. The number of carbonyl (C=O) groups is 1. The van der Waals surface area contributed by atoms with Crippen LogP contribution in [0, 0.1) is 0 Å². The van der Waals surface area contributed by atoms with Crippen molar-refractivity contribution in [3.8, 4) is 0 Å². The monoisotopic (exact) mass is 238 g/mol. The van der Waals surface area contributed by atoms with Crippen LogP contribution in [0.25, 0.3) is 0 Å². The summed E-state index contributed by atoms with van der Waals surface area (Å²) in [6.45, 7) is 5.61. The highest BCUT2D eigenvalue weighted by Gasteiger charge is 2.25. The second kappa shape index (κ2) is 5.29. The minimum Gasteiger partial charge on any atom is -0.367 e. The van der Waals surface area contributed by atoms with Gasteiger partial charge in [-0.3, -0.25) is 9.69 Å². The Bertz CT molecular complexity index is 391. The van der Waals surface area contributed by atoms with E-state index in [1.807, 2.05) is 6.20 Å². The molecule has 6 nitrogen and oxygen atoms in total. The second-order valence-electron chi connectivity index (χ2n) is 4.13. The van der Waals surface area contributed by atoms with Gasteiger partial charge in [-0.1, -0.05) is 0 Å². The fraction of sp³-hybridized carbons (Fsp3) is 0.636. The molecular weight excluding hydrogens is 220 g/mol. The van der Waals surface area contributed by atoms with Gasteiger partial charge < -0.3 is 15.0 Å². The molecular formula is C11H18N4O2. The Morgan fingerprint density at radius 3 is 3.24 bits per heavy atom. The normalized spacial score (nSPS) is 21.6. The minimum absolute atomic E-state index is 0.395. The number of nitrogens with zero attached hydrogens (tertiary/aromatic N) is 3. The molecule has 0 saturated carbocycles. The molecule has 0 spiro atoms. The second-order valence-corrected chi connectivity index (χ2v) is 4.13. The summed E-state index contributed by atoms with van der Waals surface area (Å²) in [5.74, 6) is 0.617. The Kier molecular flexibility index (Phi) is 3.75. The van der Waals surface area contributed by atoms with Gasteiger partial charge in [-0.2, -0.15) is 0 Å². The number of amides is 1. The highest BCUT2D eigenvalue weighted by molar-refractivity contribution is 5.79. The van der Waals surface area contributed by atoms with Crippen LogP contribution in [0.1, 0.15) is 12.7 Å². The van der Waals surface area contributed by atoms with Crippen LogP contribution in [0.5, 0.6) is 0 Å². The van der Waals surface area contributed by atoms with Crippen molar-refractivity contribution in [1.82, 2.24) is 14.5 Å². The molecule has 1 aromatic rings. The highest BCUT2D eigenvalue weighted by Crippen LogP contribution is 2.09. The quantitative estimate of drug-likeness (QED) is 0.774.